The number of hydrogen-bond donors (Lipinski definition) is 4. The van der Waals surface area contributed by atoms with Crippen molar-refractivity contribution in [1.29, 1.82) is 5.26 Å². The molecule has 2 heterocycles. The lowest BCUT2D eigenvalue weighted by molar-refractivity contribution is 0.100. The van der Waals surface area contributed by atoms with E-state index in [0.29, 0.717) is 11.5 Å². The largest absolute Gasteiger partial charge is 0.365 e. The van der Waals surface area contributed by atoms with E-state index in [9.17, 15) is 10.1 Å². The van der Waals surface area contributed by atoms with Crippen molar-refractivity contribution in [2.45, 2.75) is 37.8 Å². The Morgan fingerprint density at radius 3 is 2.66 bits per heavy atom. The van der Waals surface area contributed by atoms with Crippen molar-refractivity contribution < 1.29 is 4.79 Å². The first-order valence-electron chi connectivity index (χ1n) is 10.6. The van der Waals surface area contributed by atoms with Crippen molar-refractivity contribution in [3.63, 3.8) is 0 Å². The summed E-state index contributed by atoms with van der Waals surface area (Å²) in [4.78, 5) is 21.1. The van der Waals surface area contributed by atoms with E-state index in [0.717, 1.165) is 36.9 Å². The van der Waals surface area contributed by atoms with Crippen LogP contribution in [0.25, 0.3) is 11.3 Å². The number of aromatic nitrogens is 2. The molecule has 0 unspecified atom stereocenters. The van der Waals surface area contributed by atoms with Gasteiger partial charge < -0.3 is 22.1 Å². The van der Waals surface area contributed by atoms with Gasteiger partial charge in [0.2, 0.25) is 0 Å². The van der Waals surface area contributed by atoms with E-state index in [1.165, 1.54) is 6.07 Å². The summed E-state index contributed by atoms with van der Waals surface area (Å²) < 4.78 is 0. The summed E-state index contributed by atoms with van der Waals surface area (Å²) in [6.07, 6.45) is 5.72. The van der Waals surface area contributed by atoms with Crippen LogP contribution in [0.1, 0.15) is 41.6 Å². The molecule has 32 heavy (non-hydrogen) atoms. The molecule has 0 aliphatic heterocycles. The van der Waals surface area contributed by atoms with Crippen LogP contribution in [0.4, 0.5) is 17.3 Å². The van der Waals surface area contributed by atoms with Gasteiger partial charge in [0.15, 0.2) is 0 Å². The maximum absolute atomic E-state index is 12.1. The van der Waals surface area contributed by atoms with Crippen molar-refractivity contribution in [1.82, 2.24) is 9.97 Å². The van der Waals surface area contributed by atoms with Crippen LogP contribution in [0.5, 0.6) is 0 Å². The minimum atomic E-state index is -0.668. The molecule has 2 aromatic heterocycles. The average Bonchev–Trinajstić information content (AvgIpc) is 2.81. The lowest BCUT2D eigenvalue weighted by Crippen LogP contribution is -2.43. The number of rotatable bonds is 6. The summed E-state index contributed by atoms with van der Waals surface area (Å²) >= 11 is 0. The summed E-state index contributed by atoms with van der Waals surface area (Å²) in [6, 6.07) is 16.9. The van der Waals surface area contributed by atoms with Crippen LogP contribution >= 0.6 is 0 Å². The standard InChI is InChI=1S/C24H25N7O/c25-14-16-13-18(22(27)32)24(31-23(16)30-21-10-2-1-8-19(21)26)29-17-7-5-6-15(12-17)20-9-3-4-11-28-20/h3-7,9,11-13,19,21H,1-2,8,10,26H2,(H2,27,32)(H2,29,30,31)/t19-,21+/m0/s1. The molecular formula is C24H25N7O. The van der Waals surface area contributed by atoms with Crippen molar-refractivity contribution in [2.24, 2.45) is 11.5 Å². The number of benzene rings is 1. The van der Waals surface area contributed by atoms with E-state index in [-0.39, 0.29) is 29.0 Å². The highest BCUT2D eigenvalue weighted by Gasteiger charge is 2.24. The SMILES string of the molecule is N#Cc1cc(C(N)=O)c(Nc2cccc(-c3ccccn3)c2)nc1N[C@@H]1CCCC[C@@H]1N. The molecule has 1 fully saturated rings. The van der Waals surface area contributed by atoms with Gasteiger partial charge in [0.1, 0.15) is 17.7 Å². The fourth-order valence-electron chi connectivity index (χ4n) is 3.93. The highest BCUT2D eigenvalue weighted by Crippen LogP contribution is 2.28. The van der Waals surface area contributed by atoms with E-state index in [1.807, 2.05) is 42.5 Å². The van der Waals surface area contributed by atoms with Gasteiger partial charge >= 0.3 is 0 Å². The third-order valence-electron chi connectivity index (χ3n) is 5.64. The zero-order chi connectivity index (χ0) is 22.5. The molecule has 0 radical (unpaired) electrons. The lowest BCUT2D eigenvalue weighted by Gasteiger charge is -2.30. The van der Waals surface area contributed by atoms with Crippen molar-refractivity contribution >= 4 is 23.2 Å². The van der Waals surface area contributed by atoms with Crippen LogP contribution < -0.4 is 22.1 Å². The molecule has 0 spiro atoms. The highest BCUT2D eigenvalue weighted by atomic mass is 16.1. The predicted molar refractivity (Wildman–Crippen MR) is 124 cm³/mol. The number of nitriles is 1. The topological polar surface area (TPSA) is 143 Å². The van der Waals surface area contributed by atoms with E-state index in [1.54, 1.807) is 6.20 Å². The van der Waals surface area contributed by atoms with Gasteiger partial charge in [-0.1, -0.05) is 31.0 Å². The second-order valence-electron chi connectivity index (χ2n) is 7.88. The first-order chi connectivity index (χ1) is 15.5. The number of anilines is 3. The van der Waals surface area contributed by atoms with Gasteiger partial charge in [-0.15, -0.1) is 0 Å². The Labute approximate surface area is 186 Å². The van der Waals surface area contributed by atoms with Crippen LogP contribution in [-0.4, -0.2) is 28.0 Å². The van der Waals surface area contributed by atoms with Gasteiger partial charge in [0.25, 0.3) is 5.91 Å². The molecule has 6 N–H and O–H groups in total. The number of hydrogen-bond acceptors (Lipinski definition) is 7. The Morgan fingerprint density at radius 1 is 1.09 bits per heavy atom. The van der Waals surface area contributed by atoms with Gasteiger partial charge in [-0.25, -0.2) is 4.98 Å². The molecule has 2 atom stereocenters. The Morgan fingerprint density at radius 2 is 1.94 bits per heavy atom. The third kappa shape index (κ3) is 4.68. The van der Waals surface area contributed by atoms with E-state index in [4.69, 9.17) is 11.5 Å². The van der Waals surface area contributed by atoms with Crippen LogP contribution in [-0.2, 0) is 0 Å². The quantitative estimate of drug-likeness (QED) is 0.471. The predicted octanol–water partition coefficient (Wildman–Crippen LogP) is 3.54. The van der Waals surface area contributed by atoms with Gasteiger partial charge in [-0.3, -0.25) is 9.78 Å². The number of carbonyl (C=O) groups excluding carboxylic acids is 1. The normalized spacial score (nSPS) is 17.9. The fourth-order valence-corrected chi connectivity index (χ4v) is 3.93. The summed E-state index contributed by atoms with van der Waals surface area (Å²) in [5, 5.41) is 16.1. The summed E-state index contributed by atoms with van der Waals surface area (Å²) in [6.45, 7) is 0. The third-order valence-corrected chi connectivity index (χ3v) is 5.64. The van der Waals surface area contributed by atoms with Crippen LogP contribution in [0, 0.1) is 11.3 Å². The first kappa shape index (κ1) is 21.3. The van der Waals surface area contributed by atoms with Gasteiger partial charge in [0.05, 0.1) is 16.8 Å². The number of amides is 1. The molecule has 0 saturated heterocycles. The van der Waals surface area contributed by atoms with E-state index < -0.39 is 5.91 Å². The number of nitrogens with zero attached hydrogens (tertiary/aromatic N) is 3. The summed E-state index contributed by atoms with van der Waals surface area (Å²) in [5.41, 5.74) is 14.7. The average molecular weight is 428 g/mol. The highest BCUT2D eigenvalue weighted by molar-refractivity contribution is 5.99. The number of nitrogens with one attached hydrogen (secondary N) is 2. The van der Waals surface area contributed by atoms with Crippen molar-refractivity contribution in [3.05, 3.63) is 65.9 Å². The van der Waals surface area contributed by atoms with E-state index in [2.05, 4.69) is 26.7 Å². The zero-order valence-electron chi connectivity index (χ0n) is 17.6. The number of carbonyl (C=O) groups is 1. The van der Waals surface area contributed by atoms with E-state index >= 15 is 0 Å². The molecular weight excluding hydrogens is 402 g/mol. The van der Waals surface area contributed by atoms with Gasteiger partial charge in [-0.05, 0) is 43.2 Å². The fraction of sp³-hybridized carbons (Fsp3) is 0.250. The molecule has 162 valence electrons. The second-order valence-corrected chi connectivity index (χ2v) is 7.88. The zero-order valence-corrected chi connectivity index (χ0v) is 17.6. The molecule has 1 amide bonds. The molecule has 1 aromatic carbocycles. The van der Waals surface area contributed by atoms with Gasteiger partial charge in [0, 0.05) is 29.5 Å². The number of primary amides is 1. The molecule has 1 saturated carbocycles. The molecule has 4 rings (SSSR count). The van der Waals surface area contributed by atoms with Gasteiger partial charge in [-0.2, -0.15) is 5.26 Å². The first-order valence-corrected chi connectivity index (χ1v) is 10.6. The molecule has 8 nitrogen and oxygen atoms in total. The Hall–Kier alpha value is -3.96. The molecule has 1 aliphatic rings. The van der Waals surface area contributed by atoms with Crippen LogP contribution in [0.2, 0.25) is 0 Å². The molecule has 8 heteroatoms. The molecule has 3 aromatic rings. The maximum Gasteiger partial charge on any atom is 0.252 e. The Bertz CT molecular complexity index is 1160. The minimum absolute atomic E-state index is 0.0145. The monoisotopic (exact) mass is 427 g/mol. The summed E-state index contributed by atoms with van der Waals surface area (Å²) in [5.74, 6) is 0.00285. The maximum atomic E-state index is 12.1. The Balaban J connectivity index is 1.68. The summed E-state index contributed by atoms with van der Waals surface area (Å²) in [7, 11) is 0. The van der Waals surface area contributed by atoms with Crippen LogP contribution in [0.15, 0.2) is 54.7 Å². The number of pyridine rings is 2. The minimum Gasteiger partial charge on any atom is -0.365 e. The van der Waals surface area contributed by atoms with Crippen molar-refractivity contribution in [3.8, 4) is 17.3 Å². The second kappa shape index (κ2) is 9.45. The lowest BCUT2D eigenvalue weighted by atomic mass is 9.91. The molecule has 1 aliphatic carbocycles. The number of nitrogens with two attached hydrogens (primary N) is 2. The smallest absolute Gasteiger partial charge is 0.252 e. The Kier molecular flexibility index (Phi) is 6.29. The van der Waals surface area contributed by atoms with Crippen molar-refractivity contribution in [2.75, 3.05) is 10.6 Å². The van der Waals surface area contributed by atoms with Crippen LogP contribution in [0.3, 0.4) is 0 Å². The molecule has 0 bridgehead atoms.